The Labute approximate surface area is 308 Å². The zero-order valence-electron chi connectivity index (χ0n) is 27.9. The fourth-order valence-corrected chi connectivity index (χ4v) is 6.09. The van der Waals surface area contributed by atoms with Crippen LogP contribution in [0.5, 0.6) is 86.2 Å². The molecule has 0 fully saturated rings. The summed E-state index contributed by atoms with van der Waals surface area (Å²) in [7, 11) is 0. The summed E-state index contributed by atoms with van der Waals surface area (Å²) >= 11 is 0. The fourth-order valence-electron chi connectivity index (χ4n) is 6.09. The van der Waals surface area contributed by atoms with Crippen molar-refractivity contribution in [1.82, 2.24) is 0 Å². The minimum atomic E-state index is -1.18. The van der Waals surface area contributed by atoms with E-state index in [9.17, 15) is 76.3 Å². The Morgan fingerprint density at radius 1 is 0.491 bits per heavy atom. The predicted molar refractivity (Wildman–Crippen MR) is 183 cm³/mol. The van der Waals surface area contributed by atoms with E-state index in [0.29, 0.717) is 5.56 Å². The van der Waals surface area contributed by atoms with E-state index >= 15 is 0 Å². The Balaban J connectivity index is 0.000000203. The summed E-state index contributed by atoms with van der Waals surface area (Å²) in [6, 6.07) is 11.0. The van der Waals surface area contributed by atoms with Crippen molar-refractivity contribution in [1.29, 1.82) is 0 Å². The van der Waals surface area contributed by atoms with Crippen LogP contribution in [-0.4, -0.2) is 89.7 Å². The molecular formula is C37H32O18. The smallest absolute Gasteiger partial charge is 0.338 e. The Kier molecular flexibility index (Phi) is 9.60. The highest BCUT2D eigenvalue weighted by Gasteiger charge is 2.38. The summed E-state index contributed by atoms with van der Waals surface area (Å²) < 4.78 is 16.9. The summed E-state index contributed by atoms with van der Waals surface area (Å²) in [6.07, 6.45) is -4.41. The molecule has 2 heterocycles. The maximum atomic E-state index is 12.7. The Hall–Kier alpha value is -7.47. The zero-order chi connectivity index (χ0) is 40.0. The Morgan fingerprint density at radius 3 is 1.33 bits per heavy atom. The molecule has 7 rings (SSSR count). The first-order valence-corrected chi connectivity index (χ1v) is 16.0. The van der Waals surface area contributed by atoms with Crippen LogP contribution in [0.4, 0.5) is 0 Å². The van der Waals surface area contributed by atoms with Gasteiger partial charge >= 0.3 is 5.97 Å². The monoisotopic (exact) mass is 764 g/mol. The Morgan fingerprint density at radius 2 is 0.873 bits per heavy atom. The number of benzene rings is 5. The van der Waals surface area contributed by atoms with Crippen molar-refractivity contribution < 1.29 is 90.5 Å². The van der Waals surface area contributed by atoms with Gasteiger partial charge in [0.2, 0.25) is 0 Å². The summed E-state index contributed by atoms with van der Waals surface area (Å²) in [4.78, 5) is 12.7. The number of hydrogen-bond acceptors (Lipinski definition) is 18. The number of aliphatic hydroxyl groups is 1. The molecule has 288 valence electrons. The first kappa shape index (κ1) is 37.3. The lowest BCUT2D eigenvalue weighted by Gasteiger charge is -2.34. The van der Waals surface area contributed by atoms with Crippen LogP contribution >= 0.6 is 0 Å². The molecule has 0 bridgehead atoms. The van der Waals surface area contributed by atoms with Crippen LogP contribution < -0.4 is 9.47 Å². The number of phenols is 13. The van der Waals surface area contributed by atoms with E-state index in [1.807, 2.05) is 0 Å². The van der Waals surface area contributed by atoms with Crippen LogP contribution in [-0.2, 0) is 17.6 Å². The molecule has 5 aromatic rings. The number of hydrogen-bond donors (Lipinski definition) is 14. The first-order chi connectivity index (χ1) is 25.9. The fraction of sp³-hybridized carbons (Fsp3) is 0.162. The number of rotatable bonds is 4. The largest absolute Gasteiger partial charge is 0.508 e. The van der Waals surface area contributed by atoms with Gasteiger partial charge in [0.05, 0.1) is 11.7 Å². The summed E-state index contributed by atoms with van der Waals surface area (Å²) in [5.41, 5.74) is 0.581. The van der Waals surface area contributed by atoms with Gasteiger partial charge in [0, 0.05) is 59.4 Å². The minimum Gasteiger partial charge on any atom is -0.508 e. The number of fused-ring (bicyclic) bond motifs is 2. The van der Waals surface area contributed by atoms with E-state index in [0.717, 1.165) is 48.5 Å². The number of phenolic OH excluding ortho intramolecular Hbond substituents is 13. The molecule has 4 atom stereocenters. The van der Waals surface area contributed by atoms with Gasteiger partial charge in [-0.05, 0) is 36.4 Å². The van der Waals surface area contributed by atoms with Crippen molar-refractivity contribution in [2.45, 2.75) is 37.3 Å². The van der Waals surface area contributed by atoms with Crippen LogP contribution in [0.3, 0.4) is 0 Å². The standard InChI is InChI=1S/C22H18O11.C15H14O7/c23-10-5-12(24)11-7-18(33-22(31)9-3-15(27)20(30)16(28)4-9)21(32-17(11)6-10)8-1-13(25)19(29)14(26)2-8;16-7-3-9(17)8-5-12(20)15(22-13(8)4-7)6-1-10(18)14(21)11(19)2-6/h1-6,18,21,23-30H,7H2;1-4,12,15-21H,5H2. The number of aliphatic hydroxyl groups excluding tert-OH is 1. The van der Waals surface area contributed by atoms with E-state index in [1.54, 1.807) is 0 Å². The SMILES string of the molecule is O=C(OC1Cc2c(O)cc(O)cc2OC1c1cc(O)c(O)c(O)c1)c1cc(O)c(O)c(O)c1.Oc1cc(O)c2c(c1)OC(c1cc(O)c(O)c(O)c1)C(O)C2. The van der Waals surface area contributed by atoms with E-state index in [4.69, 9.17) is 14.2 Å². The third-order valence-electron chi connectivity index (χ3n) is 8.76. The van der Waals surface area contributed by atoms with E-state index in [2.05, 4.69) is 0 Å². The molecular weight excluding hydrogens is 732 g/mol. The van der Waals surface area contributed by atoms with Crippen LogP contribution in [0.15, 0.2) is 60.7 Å². The van der Waals surface area contributed by atoms with E-state index < -0.39 is 82.1 Å². The highest BCUT2D eigenvalue weighted by Crippen LogP contribution is 2.47. The van der Waals surface area contributed by atoms with Gasteiger partial charge < -0.3 is 85.7 Å². The highest BCUT2D eigenvalue weighted by molar-refractivity contribution is 5.91. The van der Waals surface area contributed by atoms with Crippen molar-refractivity contribution >= 4 is 5.97 Å². The molecule has 0 radical (unpaired) electrons. The number of carbonyl (C=O) groups is 1. The summed E-state index contributed by atoms with van der Waals surface area (Å²) in [5, 5.41) is 136. The average molecular weight is 765 g/mol. The second kappa shape index (κ2) is 14.2. The summed E-state index contributed by atoms with van der Waals surface area (Å²) in [5.74, 6) is -8.00. The lowest BCUT2D eigenvalue weighted by Crippen LogP contribution is -2.34. The molecule has 14 N–H and O–H groups in total. The molecule has 5 aromatic carbocycles. The van der Waals surface area contributed by atoms with Gasteiger partial charge in [-0.3, -0.25) is 0 Å². The molecule has 55 heavy (non-hydrogen) atoms. The molecule has 4 unspecified atom stereocenters. The molecule has 0 saturated heterocycles. The highest BCUT2D eigenvalue weighted by atomic mass is 16.6. The van der Waals surface area contributed by atoms with Gasteiger partial charge in [0.15, 0.2) is 64.0 Å². The second-order valence-electron chi connectivity index (χ2n) is 12.6. The average Bonchev–Trinajstić information content (AvgIpc) is 3.11. The molecule has 0 spiro atoms. The van der Waals surface area contributed by atoms with Gasteiger partial charge in [-0.1, -0.05) is 0 Å². The lowest BCUT2D eigenvalue weighted by molar-refractivity contribution is -0.0189. The van der Waals surface area contributed by atoms with Crippen molar-refractivity contribution in [3.05, 3.63) is 88.5 Å². The van der Waals surface area contributed by atoms with E-state index in [1.165, 1.54) is 12.1 Å². The van der Waals surface area contributed by atoms with Gasteiger partial charge in [-0.25, -0.2) is 4.79 Å². The maximum Gasteiger partial charge on any atom is 0.338 e. The normalized spacial score (nSPS) is 18.3. The van der Waals surface area contributed by atoms with Gasteiger partial charge in [-0.2, -0.15) is 0 Å². The van der Waals surface area contributed by atoms with Gasteiger partial charge in [0.1, 0.15) is 40.6 Å². The van der Waals surface area contributed by atoms with Crippen molar-refractivity contribution in [2.75, 3.05) is 0 Å². The van der Waals surface area contributed by atoms with Crippen LogP contribution in [0.1, 0.15) is 44.8 Å². The number of ether oxygens (including phenoxy) is 3. The first-order valence-electron chi connectivity index (χ1n) is 16.0. The van der Waals surface area contributed by atoms with Crippen molar-refractivity contribution in [2.24, 2.45) is 0 Å². The third-order valence-corrected chi connectivity index (χ3v) is 8.76. The molecule has 0 aromatic heterocycles. The Bertz CT molecular complexity index is 2250. The van der Waals surface area contributed by atoms with Crippen molar-refractivity contribution in [3.63, 3.8) is 0 Å². The molecule has 18 heteroatoms. The van der Waals surface area contributed by atoms with Crippen LogP contribution in [0.2, 0.25) is 0 Å². The minimum absolute atomic E-state index is 0.0526. The molecule has 18 nitrogen and oxygen atoms in total. The molecule has 2 aliphatic rings. The van der Waals surface area contributed by atoms with E-state index in [-0.39, 0.29) is 69.6 Å². The zero-order valence-corrected chi connectivity index (χ0v) is 27.9. The molecule has 0 aliphatic carbocycles. The van der Waals surface area contributed by atoms with Crippen LogP contribution in [0, 0.1) is 0 Å². The quantitative estimate of drug-likeness (QED) is 0.0919. The molecule has 0 amide bonds. The predicted octanol–water partition coefficient (Wildman–Crippen LogP) is 3.48. The number of aromatic hydroxyl groups is 13. The summed E-state index contributed by atoms with van der Waals surface area (Å²) in [6.45, 7) is 0. The molecule has 0 saturated carbocycles. The lowest BCUT2D eigenvalue weighted by atomic mass is 9.93. The van der Waals surface area contributed by atoms with Crippen LogP contribution in [0.25, 0.3) is 0 Å². The molecule has 2 aliphatic heterocycles. The number of esters is 1. The second-order valence-corrected chi connectivity index (χ2v) is 12.6. The van der Waals surface area contributed by atoms with Gasteiger partial charge in [-0.15, -0.1) is 0 Å². The third kappa shape index (κ3) is 7.29. The topological polar surface area (TPSA) is 328 Å². The van der Waals surface area contributed by atoms with Crippen molar-refractivity contribution in [3.8, 4) is 86.2 Å². The van der Waals surface area contributed by atoms with Gasteiger partial charge in [0.25, 0.3) is 0 Å². The number of carbonyl (C=O) groups excluding carboxylic acids is 1. The maximum absolute atomic E-state index is 12.7.